The number of rotatable bonds is 5. The van der Waals surface area contributed by atoms with E-state index in [1.54, 1.807) is 0 Å². The van der Waals surface area contributed by atoms with Crippen LogP contribution in [-0.4, -0.2) is 14.1 Å². The van der Waals surface area contributed by atoms with Gasteiger partial charge in [0.25, 0.3) is 0 Å². The number of fused-ring (bicyclic) bond motifs is 4. The third-order valence-electron chi connectivity index (χ3n) is 9.26. The van der Waals surface area contributed by atoms with Crippen LogP contribution >= 0.6 is 0 Å². The van der Waals surface area contributed by atoms with E-state index in [1.165, 1.54) is 44.3 Å². The second-order valence-corrected chi connectivity index (χ2v) is 12.5. The maximum absolute atomic E-state index is 5.51. The van der Waals surface area contributed by atoms with Gasteiger partial charge in [0.1, 0.15) is 11.3 Å². The predicted octanol–water partition coefficient (Wildman–Crippen LogP) is 11.3. The Hall–Kier alpha value is -4.98. The number of allylic oxidation sites excluding steroid dienone is 1. The Labute approximate surface area is 296 Å². The summed E-state index contributed by atoms with van der Waals surface area (Å²) in [6, 6.07) is 46.2. The fraction of sp³-hybridized carbons (Fsp3) is 0.114. The number of aromatic nitrogens is 3. The topological polar surface area (TPSA) is 22.8 Å². The molecule has 8 aromatic rings. The number of nitrogens with zero attached hydrogens (tertiary/aromatic N) is 3. The van der Waals surface area contributed by atoms with E-state index < -0.39 is 0 Å². The Bertz CT molecular complexity index is 2510. The monoisotopic (exact) mass is 800 g/mol. The Morgan fingerprint density at radius 3 is 2.21 bits per heavy atom. The molecule has 0 unspecified atom stereocenters. The van der Waals surface area contributed by atoms with E-state index >= 15 is 0 Å². The molecule has 0 saturated carbocycles. The van der Waals surface area contributed by atoms with Gasteiger partial charge >= 0.3 is 21.1 Å². The summed E-state index contributed by atoms with van der Waals surface area (Å²) in [4.78, 5) is 5.51. The summed E-state index contributed by atoms with van der Waals surface area (Å²) in [6.45, 7) is 10.7. The van der Waals surface area contributed by atoms with Gasteiger partial charge in [-0.3, -0.25) is 0 Å². The van der Waals surface area contributed by atoms with Crippen LogP contribution in [0.25, 0.3) is 72.7 Å². The molecule has 0 fully saturated rings. The van der Waals surface area contributed by atoms with Gasteiger partial charge < -0.3 is 9.13 Å². The second kappa shape index (κ2) is 12.6. The van der Waals surface area contributed by atoms with Crippen LogP contribution in [0.5, 0.6) is 0 Å². The van der Waals surface area contributed by atoms with Crippen molar-refractivity contribution in [3.63, 3.8) is 0 Å². The summed E-state index contributed by atoms with van der Waals surface area (Å²) in [6.07, 6.45) is 4.32. The van der Waals surface area contributed by atoms with E-state index in [-0.39, 0.29) is 21.1 Å². The van der Waals surface area contributed by atoms with Gasteiger partial charge in [-0.2, -0.15) is 23.8 Å². The smallest absolute Gasteiger partial charge is 0.318 e. The van der Waals surface area contributed by atoms with Gasteiger partial charge in [-0.1, -0.05) is 96.1 Å². The van der Waals surface area contributed by atoms with Crippen LogP contribution in [0.4, 0.5) is 0 Å². The van der Waals surface area contributed by atoms with Crippen LogP contribution in [0, 0.1) is 39.8 Å². The molecule has 3 nitrogen and oxygen atoms in total. The molecular weight excluding hydrogens is 766 g/mol. The Balaban J connectivity index is 0.00000364. The van der Waals surface area contributed by atoms with Gasteiger partial charge in [-0.05, 0) is 62.7 Å². The van der Waals surface area contributed by atoms with Crippen LogP contribution in [0.15, 0.2) is 115 Å². The summed E-state index contributed by atoms with van der Waals surface area (Å²) in [5.41, 5.74) is 15.6. The van der Waals surface area contributed by atoms with Crippen molar-refractivity contribution in [2.75, 3.05) is 0 Å². The molecule has 3 heterocycles. The molecule has 0 atom stereocenters. The molecule has 0 amide bonds. The van der Waals surface area contributed by atoms with Gasteiger partial charge in [-0.15, -0.1) is 35.9 Å². The van der Waals surface area contributed by atoms with E-state index in [9.17, 15) is 0 Å². The van der Waals surface area contributed by atoms with Gasteiger partial charge in [0.2, 0.25) is 0 Å². The molecule has 0 aliphatic carbocycles. The molecule has 3 aromatic heterocycles. The molecule has 0 bridgehead atoms. The molecule has 236 valence electrons. The normalized spacial score (nSPS) is 11.6. The van der Waals surface area contributed by atoms with E-state index in [2.05, 4.69) is 171 Å². The summed E-state index contributed by atoms with van der Waals surface area (Å²) < 4.78 is 4.53. The summed E-state index contributed by atoms with van der Waals surface area (Å²) in [7, 11) is 0. The summed E-state index contributed by atoms with van der Waals surface area (Å²) in [5, 5.41) is 3.47. The van der Waals surface area contributed by atoms with Crippen molar-refractivity contribution in [2.24, 2.45) is 0 Å². The maximum Gasteiger partial charge on any atom is 2.00 e. The van der Waals surface area contributed by atoms with Crippen LogP contribution < -0.4 is 0 Å². The molecule has 4 heteroatoms. The quantitative estimate of drug-likeness (QED) is 0.159. The van der Waals surface area contributed by atoms with Crippen molar-refractivity contribution in [1.29, 1.82) is 0 Å². The van der Waals surface area contributed by atoms with Gasteiger partial charge in [0.05, 0.1) is 5.52 Å². The van der Waals surface area contributed by atoms with Gasteiger partial charge in [-0.25, -0.2) is 4.98 Å². The standard InChI is InChI=1S/C44H35N3.Pt/c1-6-12-38-31(5)46(36-18-11-16-34(26-36)37-21-20-33(25-30(37)4)32-14-8-7-9-15-32)43-40(38)27-41-39-24-29(3)19-22-42(39)47(44(41)45-43)35-17-10-13-28(2)23-35;/h6-16,18-25,27H,1-5H3;/q-2;+2/b12-6+;. The largest absolute Gasteiger partial charge is 2.00 e. The third-order valence-corrected chi connectivity index (χ3v) is 9.26. The summed E-state index contributed by atoms with van der Waals surface area (Å²) >= 11 is 0. The van der Waals surface area contributed by atoms with Crippen LogP contribution in [0.3, 0.4) is 0 Å². The number of hydrogen-bond donors (Lipinski definition) is 0. The Morgan fingerprint density at radius 2 is 1.44 bits per heavy atom. The van der Waals surface area contributed by atoms with Crippen LogP contribution in [-0.2, 0) is 21.1 Å². The van der Waals surface area contributed by atoms with Crippen molar-refractivity contribution >= 4 is 39.0 Å². The van der Waals surface area contributed by atoms with E-state index in [1.807, 2.05) is 6.07 Å². The molecule has 5 aromatic carbocycles. The fourth-order valence-electron chi connectivity index (χ4n) is 7.01. The van der Waals surface area contributed by atoms with Crippen LogP contribution in [0.1, 0.15) is 34.9 Å². The molecule has 0 N–H and O–H groups in total. The third kappa shape index (κ3) is 5.24. The Morgan fingerprint density at radius 1 is 0.646 bits per heavy atom. The molecule has 0 saturated heterocycles. The average Bonchev–Trinajstić information content (AvgIpc) is 3.54. The van der Waals surface area contributed by atoms with E-state index in [0.29, 0.717) is 0 Å². The first-order valence-electron chi connectivity index (χ1n) is 16.2. The van der Waals surface area contributed by atoms with E-state index in [4.69, 9.17) is 4.98 Å². The van der Waals surface area contributed by atoms with Crippen molar-refractivity contribution in [1.82, 2.24) is 14.1 Å². The zero-order valence-corrected chi connectivity index (χ0v) is 30.0. The van der Waals surface area contributed by atoms with Crippen LogP contribution in [0.2, 0.25) is 0 Å². The number of benzene rings is 5. The molecule has 0 aliphatic rings. The number of pyridine rings is 1. The minimum absolute atomic E-state index is 0. The molecule has 0 radical (unpaired) electrons. The predicted molar refractivity (Wildman–Crippen MR) is 198 cm³/mol. The maximum atomic E-state index is 5.51. The second-order valence-electron chi connectivity index (χ2n) is 12.5. The number of aryl methyl sites for hydroxylation is 3. The first-order chi connectivity index (χ1) is 22.9. The molecular formula is C44H35N3Pt. The molecule has 8 rings (SSSR count). The minimum Gasteiger partial charge on any atom is -0.318 e. The summed E-state index contributed by atoms with van der Waals surface area (Å²) in [5.74, 6) is 0. The van der Waals surface area contributed by atoms with Crippen molar-refractivity contribution in [3.8, 4) is 33.6 Å². The first kappa shape index (κ1) is 31.6. The molecule has 48 heavy (non-hydrogen) atoms. The minimum atomic E-state index is 0. The van der Waals surface area contributed by atoms with Crippen molar-refractivity contribution in [2.45, 2.75) is 34.6 Å². The Kier molecular flexibility index (Phi) is 8.27. The zero-order valence-electron chi connectivity index (χ0n) is 27.7. The number of hydrogen-bond acceptors (Lipinski definition) is 1. The van der Waals surface area contributed by atoms with E-state index in [0.717, 1.165) is 50.2 Å². The SMILES string of the molecule is C/C=C/c1c(C)n(-c2[c-]c(-c3ccc(-c4ccccc4)cc3C)ccc2)c2nc3c(cc12)c1cc(C)ccc1n3-c1[c-]ccc(C)c1.[Pt+2]. The molecule has 0 aliphatic heterocycles. The van der Waals surface area contributed by atoms with Crippen molar-refractivity contribution < 1.29 is 21.1 Å². The zero-order chi connectivity index (χ0) is 32.2. The first-order valence-corrected chi connectivity index (χ1v) is 16.2. The van der Waals surface area contributed by atoms with Gasteiger partial charge in [0.15, 0.2) is 0 Å². The fourth-order valence-corrected chi connectivity index (χ4v) is 7.01. The van der Waals surface area contributed by atoms with Gasteiger partial charge in [0, 0.05) is 27.4 Å². The molecule has 0 spiro atoms. The average molecular weight is 801 g/mol. The van der Waals surface area contributed by atoms with Crippen molar-refractivity contribution in [3.05, 3.63) is 155 Å².